The molecule has 214 valence electrons. The van der Waals surface area contributed by atoms with E-state index in [4.69, 9.17) is 4.42 Å². The van der Waals surface area contributed by atoms with Crippen molar-refractivity contribution >= 4 is 49.8 Å². The number of furan rings is 1. The zero-order chi connectivity index (χ0) is 30.1. The molecule has 0 atom stereocenters. The van der Waals surface area contributed by atoms with Crippen LogP contribution in [0.5, 0.6) is 0 Å². The Kier molecular flexibility index (Phi) is 5.58. The Morgan fingerprint density at radius 2 is 1.22 bits per heavy atom. The van der Waals surface area contributed by atoms with Gasteiger partial charge >= 0.3 is 0 Å². The smallest absolute Gasteiger partial charge is 0.159 e. The molecule has 0 radical (unpaired) electrons. The minimum absolute atomic E-state index is 0.111. The van der Waals surface area contributed by atoms with Crippen molar-refractivity contribution in [1.82, 2.24) is 0 Å². The number of hydrogen-bond donors (Lipinski definition) is 0. The fourth-order valence-corrected chi connectivity index (χ4v) is 7.44. The van der Waals surface area contributed by atoms with Gasteiger partial charge in [0.15, 0.2) is 5.58 Å². The van der Waals surface area contributed by atoms with E-state index in [2.05, 4.69) is 164 Å². The quantitative estimate of drug-likeness (QED) is 0.207. The fourth-order valence-electron chi connectivity index (χ4n) is 7.44. The molecule has 0 spiro atoms. The Morgan fingerprint density at radius 3 is 2.11 bits per heavy atom. The van der Waals surface area contributed by atoms with Crippen LogP contribution in [-0.4, -0.2) is 0 Å². The van der Waals surface area contributed by atoms with Gasteiger partial charge in [-0.1, -0.05) is 129 Å². The van der Waals surface area contributed by atoms with Gasteiger partial charge in [0, 0.05) is 27.6 Å². The average Bonchev–Trinajstić information content (AvgIpc) is 3.58. The van der Waals surface area contributed by atoms with Crippen LogP contribution in [0.3, 0.4) is 0 Å². The van der Waals surface area contributed by atoms with Crippen LogP contribution >= 0.6 is 0 Å². The molecule has 0 aliphatic heterocycles. The minimum Gasteiger partial charge on any atom is -0.454 e. The van der Waals surface area contributed by atoms with E-state index in [9.17, 15) is 0 Å². The van der Waals surface area contributed by atoms with Crippen molar-refractivity contribution in [3.05, 3.63) is 163 Å². The van der Waals surface area contributed by atoms with Crippen LogP contribution in [0.1, 0.15) is 25.0 Å². The Bertz CT molecular complexity index is 2410. The zero-order valence-electron chi connectivity index (χ0n) is 25.3. The van der Waals surface area contributed by atoms with E-state index in [1.165, 1.54) is 44.2 Å². The molecule has 0 unspecified atom stereocenters. The third-order valence-electron chi connectivity index (χ3n) is 9.64. The van der Waals surface area contributed by atoms with Gasteiger partial charge in [-0.3, -0.25) is 0 Å². The number of rotatable bonds is 4. The first kappa shape index (κ1) is 25.9. The van der Waals surface area contributed by atoms with Crippen LogP contribution in [0.15, 0.2) is 156 Å². The second-order valence-corrected chi connectivity index (χ2v) is 12.6. The number of fused-ring (bicyclic) bond motifs is 7. The number of benzene rings is 7. The Labute approximate surface area is 262 Å². The van der Waals surface area contributed by atoms with Gasteiger partial charge in [-0.05, 0) is 80.6 Å². The van der Waals surface area contributed by atoms with Gasteiger partial charge in [0.05, 0.1) is 5.69 Å². The van der Waals surface area contributed by atoms with Crippen molar-refractivity contribution in [2.24, 2.45) is 0 Å². The molecule has 2 heteroatoms. The predicted molar refractivity (Wildman–Crippen MR) is 189 cm³/mol. The van der Waals surface area contributed by atoms with Gasteiger partial charge in [-0.25, -0.2) is 0 Å². The van der Waals surface area contributed by atoms with Crippen molar-refractivity contribution in [3.8, 4) is 22.3 Å². The average molecular weight is 578 g/mol. The first-order chi connectivity index (χ1) is 22.1. The molecule has 0 saturated heterocycles. The van der Waals surface area contributed by atoms with E-state index >= 15 is 0 Å². The Morgan fingerprint density at radius 1 is 0.511 bits per heavy atom. The maximum Gasteiger partial charge on any atom is 0.159 e. The lowest BCUT2D eigenvalue weighted by atomic mass is 9.82. The highest BCUT2D eigenvalue weighted by atomic mass is 16.3. The van der Waals surface area contributed by atoms with Gasteiger partial charge in [-0.15, -0.1) is 0 Å². The second kappa shape index (κ2) is 9.70. The molecular formula is C43H31NO. The number of hydrogen-bond acceptors (Lipinski definition) is 2. The minimum atomic E-state index is -0.111. The SMILES string of the molecule is CC1(C)c2ccc(N(c3ccc4ccccc4c3)c3cccc4c3oc3ccccc34)cc2-c2c(-c3ccccc3)cccc21. The molecule has 0 bridgehead atoms. The van der Waals surface area contributed by atoms with Gasteiger partial charge in [0.2, 0.25) is 0 Å². The van der Waals surface area contributed by atoms with Gasteiger partial charge in [0.25, 0.3) is 0 Å². The predicted octanol–water partition coefficient (Wildman–Crippen LogP) is 12.2. The first-order valence-corrected chi connectivity index (χ1v) is 15.6. The van der Waals surface area contributed by atoms with Crippen molar-refractivity contribution in [2.75, 3.05) is 4.90 Å². The summed E-state index contributed by atoms with van der Waals surface area (Å²) in [7, 11) is 0. The van der Waals surface area contributed by atoms with E-state index in [-0.39, 0.29) is 5.41 Å². The van der Waals surface area contributed by atoms with Crippen molar-refractivity contribution in [1.29, 1.82) is 0 Å². The molecule has 0 amide bonds. The molecule has 1 aromatic heterocycles. The molecule has 1 heterocycles. The molecule has 2 nitrogen and oxygen atoms in total. The molecular weight excluding hydrogens is 546 g/mol. The van der Waals surface area contributed by atoms with Crippen LogP contribution in [0, 0.1) is 0 Å². The highest BCUT2D eigenvalue weighted by Gasteiger charge is 2.37. The topological polar surface area (TPSA) is 16.4 Å². The van der Waals surface area contributed by atoms with E-state index in [0.717, 1.165) is 39.0 Å². The highest BCUT2D eigenvalue weighted by molar-refractivity contribution is 6.10. The number of para-hydroxylation sites is 2. The maximum atomic E-state index is 6.61. The lowest BCUT2D eigenvalue weighted by molar-refractivity contribution is 0.660. The maximum absolute atomic E-state index is 6.61. The summed E-state index contributed by atoms with van der Waals surface area (Å²) >= 11 is 0. The second-order valence-electron chi connectivity index (χ2n) is 12.6. The third kappa shape index (κ3) is 3.89. The van der Waals surface area contributed by atoms with Gasteiger partial charge < -0.3 is 9.32 Å². The highest BCUT2D eigenvalue weighted by Crippen LogP contribution is 2.54. The number of nitrogens with zero attached hydrogens (tertiary/aromatic N) is 1. The molecule has 1 aliphatic rings. The van der Waals surface area contributed by atoms with E-state index < -0.39 is 0 Å². The van der Waals surface area contributed by atoms with Crippen molar-refractivity contribution < 1.29 is 4.42 Å². The summed E-state index contributed by atoms with van der Waals surface area (Å²) in [6, 6.07) is 54.7. The third-order valence-corrected chi connectivity index (χ3v) is 9.64. The Hall–Kier alpha value is -5.60. The van der Waals surface area contributed by atoms with Crippen molar-refractivity contribution in [2.45, 2.75) is 19.3 Å². The van der Waals surface area contributed by atoms with Gasteiger partial charge in [-0.2, -0.15) is 0 Å². The molecule has 9 rings (SSSR count). The normalized spacial score (nSPS) is 13.3. The molecule has 0 saturated carbocycles. The zero-order valence-corrected chi connectivity index (χ0v) is 25.3. The van der Waals surface area contributed by atoms with Crippen LogP contribution in [0.2, 0.25) is 0 Å². The summed E-state index contributed by atoms with van der Waals surface area (Å²) in [5.74, 6) is 0. The summed E-state index contributed by atoms with van der Waals surface area (Å²) in [5.41, 5.74) is 12.7. The monoisotopic (exact) mass is 577 g/mol. The molecule has 0 N–H and O–H groups in total. The van der Waals surface area contributed by atoms with E-state index in [1.807, 2.05) is 6.07 Å². The summed E-state index contributed by atoms with van der Waals surface area (Å²) in [4.78, 5) is 2.37. The van der Waals surface area contributed by atoms with E-state index in [1.54, 1.807) is 0 Å². The molecule has 0 fully saturated rings. The van der Waals surface area contributed by atoms with Gasteiger partial charge in [0.1, 0.15) is 5.58 Å². The van der Waals surface area contributed by atoms with E-state index in [0.29, 0.717) is 0 Å². The standard InChI is InChI=1S/C43H31NO/c1-43(2)37-25-24-32(27-36(37)41-33(17-10-19-38(41)43)29-13-4-3-5-14-29)44(31-23-22-28-12-6-7-15-30(28)26-31)39-20-11-18-35-34-16-8-9-21-40(34)45-42(35)39/h3-27H,1-2H3. The summed E-state index contributed by atoms with van der Waals surface area (Å²) in [6.45, 7) is 4.70. The molecule has 45 heavy (non-hydrogen) atoms. The number of anilines is 3. The summed E-state index contributed by atoms with van der Waals surface area (Å²) in [5, 5.41) is 4.67. The van der Waals surface area contributed by atoms with Crippen LogP contribution in [0.4, 0.5) is 17.1 Å². The van der Waals surface area contributed by atoms with Crippen LogP contribution < -0.4 is 4.90 Å². The summed E-state index contributed by atoms with van der Waals surface area (Å²) in [6.07, 6.45) is 0. The molecule has 7 aromatic carbocycles. The van der Waals surface area contributed by atoms with Crippen LogP contribution in [0.25, 0.3) is 55.0 Å². The Balaban J connectivity index is 1.32. The van der Waals surface area contributed by atoms with Crippen molar-refractivity contribution in [3.63, 3.8) is 0 Å². The molecule has 8 aromatic rings. The largest absolute Gasteiger partial charge is 0.454 e. The fraction of sp³-hybridized carbons (Fsp3) is 0.0698. The van der Waals surface area contributed by atoms with Crippen LogP contribution in [-0.2, 0) is 5.41 Å². The molecule has 1 aliphatic carbocycles. The first-order valence-electron chi connectivity index (χ1n) is 15.6. The lowest BCUT2D eigenvalue weighted by Gasteiger charge is -2.27. The summed E-state index contributed by atoms with van der Waals surface area (Å²) < 4.78 is 6.61. The lowest BCUT2D eigenvalue weighted by Crippen LogP contribution is -2.15.